The summed E-state index contributed by atoms with van der Waals surface area (Å²) in [5.41, 5.74) is -1.21. The number of cyclic esters (lactones) is 1. The minimum atomic E-state index is -1.41. The topological polar surface area (TPSA) is 94.5 Å². The molecule has 0 bridgehead atoms. The molecule has 1 fully saturated rings. The first-order chi connectivity index (χ1) is 19.6. The molecule has 42 heavy (non-hydrogen) atoms. The van der Waals surface area contributed by atoms with E-state index in [1.165, 1.54) is 0 Å². The van der Waals surface area contributed by atoms with Crippen molar-refractivity contribution in [1.29, 1.82) is 0 Å². The fourth-order valence-corrected chi connectivity index (χ4v) is 7.80. The summed E-state index contributed by atoms with van der Waals surface area (Å²) < 4.78 is 25.7. The molecule has 0 aromatic carbocycles. The summed E-state index contributed by atoms with van der Waals surface area (Å²) in [5.74, 6) is -1.34. The van der Waals surface area contributed by atoms with Gasteiger partial charge >= 0.3 is 5.97 Å². The average Bonchev–Trinajstić information content (AvgIpc) is 2.91. The Morgan fingerprint density at radius 3 is 2.29 bits per heavy atom. The summed E-state index contributed by atoms with van der Waals surface area (Å²) in [6, 6.07) is 0.343. The van der Waals surface area contributed by atoms with Crippen molar-refractivity contribution in [3.8, 4) is 0 Å². The van der Waals surface area contributed by atoms with Gasteiger partial charge in [-0.15, -0.1) is 0 Å². The van der Waals surface area contributed by atoms with E-state index in [1.54, 1.807) is 14.0 Å². The van der Waals surface area contributed by atoms with Crippen molar-refractivity contribution in [1.82, 2.24) is 4.90 Å². The Bertz CT molecular complexity index is 904. The fourth-order valence-electron chi connectivity index (χ4n) is 7.80. The van der Waals surface area contributed by atoms with E-state index >= 15 is 0 Å². The first-order valence-electron chi connectivity index (χ1n) is 16.1. The van der Waals surface area contributed by atoms with Crippen LogP contribution in [0.4, 0.5) is 0 Å². The Kier molecular flexibility index (Phi) is 13.7. The number of hydrogen-bond acceptors (Lipinski definition) is 8. The molecule has 8 heteroatoms. The fraction of sp³-hybridized carbons (Fsp3) is 0.882. The minimum absolute atomic E-state index is 0.0574. The highest BCUT2D eigenvalue weighted by Gasteiger charge is 2.48. The van der Waals surface area contributed by atoms with Gasteiger partial charge in [0.15, 0.2) is 6.29 Å². The molecule has 2 heterocycles. The SMILES string of the molecule is CC[C@@H]1C(C)C(=O)O[C@H](CC)[C@@](C)(O)C(CC=O)/C(C)=C\[C@H](C)C[C@@](C)(OC)[C@H](OC2CC(N(C)C)CC(C)O2)[C@H]1C. The first kappa shape index (κ1) is 36.9. The van der Waals surface area contributed by atoms with E-state index in [1.807, 2.05) is 20.8 Å². The van der Waals surface area contributed by atoms with Crippen LogP contribution in [0.5, 0.6) is 0 Å². The average molecular weight is 596 g/mol. The molecule has 2 aliphatic heterocycles. The molecule has 0 saturated carbocycles. The lowest BCUT2D eigenvalue weighted by Crippen LogP contribution is -2.54. The molecular formula is C34H61NO7. The van der Waals surface area contributed by atoms with Crippen LogP contribution in [0.2, 0.25) is 0 Å². The number of nitrogens with zero attached hydrogens (tertiary/aromatic N) is 1. The largest absolute Gasteiger partial charge is 0.459 e. The van der Waals surface area contributed by atoms with Gasteiger partial charge in [-0.2, -0.15) is 0 Å². The van der Waals surface area contributed by atoms with Crippen LogP contribution >= 0.6 is 0 Å². The van der Waals surface area contributed by atoms with Gasteiger partial charge < -0.3 is 33.7 Å². The van der Waals surface area contributed by atoms with Gasteiger partial charge in [0.25, 0.3) is 0 Å². The Morgan fingerprint density at radius 2 is 1.76 bits per heavy atom. The summed E-state index contributed by atoms with van der Waals surface area (Å²) in [4.78, 5) is 27.7. The van der Waals surface area contributed by atoms with Crippen molar-refractivity contribution in [3.63, 3.8) is 0 Å². The summed E-state index contributed by atoms with van der Waals surface area (Å²) >= 11 is 0. The molecule has 2 aliphatic rings. The smallest absolute Gasteiger partial charge is 0.309 e. The third kappa shape index (κ3) is 8.65. The second kappa shape index (κ2) is 15.6. The van der Waals surface area contributed by atoms with Crippen LogP contribution in [-0.4, -0.2) is 85.3 Å². The lowest BCUT2D eigenvalue weighted by molar-refractivity contribution is -0.268. The molecule has 244 valence electrons. The number of rotatable bonds is 8. The van der Waals surface area contributed by atoms with Crippen LogP contribution in [0.1, 0.15) is 101 Å². The molecule has 12 atom stereocenters. The molecule has 0 aliphatic carbocycles. The zero-order valence-electron chi connectivity index (χ0n) is 28.5. The Morgan fingerprint density at radius 1 is 1.12 bits per heavy atom. The highest BCUT2D eigenvalue weighted by atomic mass is 16.7. The van der Waals surface area contributed by atoms with Crippen molar-refractivity contribution in [2.24, 2.45) is 29.6 Å². The number of carbonyl (C=O) groups excluding carboxylic acids is 2. The molecular weight excluding hydrogens is 534 g/mol. The number of aldehydes is 1. The van der Waals surface area contributed by atoms with Gasteiger partial charge in [0.1, 0.15) is 18.0 Å². The number of ether oxygens (including phenoxy) is 4. The maximum absolute atomic E-state index is 13.7. The second-order valence-corrected chi connectivity index (χ2v) is 13.9. The van der Waals surface area contributed by atoms with E-state index in [0.29, 0.717) is 18.9 Å². The molecule has 8 nitrogen and oxygen atoms in total. The molecule has 0 radical (unpaired) electrons. The Balaban J connectivity index is 2.65. The lowest BCUT2D eigenvalue weighted by atomic mass is 9.71. The van der Waals surface area contributed by atoms with Crippen LogP contribution in [-0.2, 0) is 28.5 Å². The highest BCUT2D eigenvalue weighted by Crippen LogP contribution is 2.42. The summed E-state index contributed by atoms with van der Waals surface area (Å²) in [5, 5.41) is 11.8. The molecule has 1 saturated heterocycles. The zero-order chi connectivity index (χ0) is 32.0. The van der Waals surface area contributed by atoms with Gasteiger partial charge in [0.05, 0.1) is 23.7 Å². The highest BCUT2D eigenvalue weighted by molar-refractivity contribution is 5.72. The number of esters is 1. The van der Waals surface area contributed by atoms with Crippen LogP contribution in [0.25, 0.3) is 0 Å². The summed E-state index contributed by atoms with van der Waals surface area (Å²) in [6.07, 6.45) is 5.19. The standard InChI is InChI=1S/C34H61NO7/c1-13-27-24(6)31(42-30-19-26(35(10)11)18-23(5)40-30)33(8,39-12)20-21(3)17-22(4)28(15-16-36)34(9,38)29(14-2)41-32(37)25(27)7/h16-17,21,23-31,38H,13-15,18-20H2,1-12H3/b22-17-/t21-,23?,24-,25?,26?,27-,28?,29+,30?,31+,33+,34-/m0/s1. The third-order valence-electron chi connectivity index (χ3n) is 10.3. The Hall–Kier alpha value is -1.32. The van der Waals surface area contributed by atoms with Crippen molar-refractivity contribution >= 4 is 12.3 Å². The molecule has 5 unspecified atom stereocenters. The van der Waals surface area contributed by atoms with Gasteiger partial charge in [-0.25, -0.2) is 0 Å². The van der Waals surface area contributed by atoms with Crippen LogP contribution in [0, 0.1) is 29.6 Å². The molecule has 2 rings (SSSR count). The maximum atomic E-state index is 13.7. The predicted octanol–water partition coefficient (Wildman–Crippen LogP) is 5.79. The number of hydrogen-bond donors (Lipinski definition) is 1. The van der Waals surface area contributed by atoms with Crippen LogP contribution in [0.15, 0.2) is 11.6 Å². The third-order valence-corrected chi connectivity index (χ3v) is 10.3. The molecule has 0 aromatic rings. The van der Waals surface area contributed by atoms with Gasteiger partial charge in [-0.3, -0.25) is 4.79 Å². The van der Waals surface area contributed by atoms with Crippen molar-refractivity contribution in [3.05, 3.63) is 11.6 Å². The van der Waals surface area contributed by atoms with E-state index in [2.05, 4.69) is 59.7 Å². The van der Waals surface area contributed by atoms with E-state index in [4.69, 9.17) is 18.9 Å². The van der Waals surface area contributed by atoms with Gasteiger partial charge in [0, 0.05) is 31.9 Å². The van der Waals surface area contributed by atoms with Gasteiger partial charge in [-0.05, 0) is 78.8 Å². The van der Waals surface area contributed by atoms with Crippen molar-refractivity contribution < 1.29 is 33.6 Å². The molecule has 1 N–H and O–H groups in total. The summed E-state index contributed by atoms with van der Waals surface area (Å²) in [6.45, 7) is 18.0. The van der Waals surface area contributed by atoms with Gasteiger partial charge in [-0.1, -0.05) is 52.7 Å². The minimum Gasteiger partial charge on any atom is -0.459 e. The van der Waals surface area contributed by atoms with E-state index in [-0.39, 0.29) is 42.4 Å². The van der Waals surface area contributed by atoms with Crippen LogP contribution in [0.3, 0.4) is 0 Å². The second-order valence-electron chi connectivity index (χ2n) is 13.9. The van der Waals surface area contributed by atoms with Gasteiger partial charge in [0.2, 0.25) is 0 Å². The van der Waals surface area contributed by atoms with E-state index in [9.17, 15) is 14.7 Å². The number of carbonyl (C=O) groups is 2. The monoisotopic (exact) mass is 595 g/mol. The first-order valence-corrected chi connectivity index (χ1v) is 16.1. The number of allylic oxidation sites excluding steroid dienone is 1. The predicted molar refractivity (Wildman–Crippen MR) is 166 cm³/mol. The van der Waals surface area contributed by atoms with E-state index in [0.717, 1.165) is 31.1 Å². The lowest BCUT2D eigenvalue weighted by Gasteiger charge is -2.47. The van der Waals surface area contributed by atoms with E-state index < -0.39 is 35.4 Å². The molecule has 0 aromatic heterocycles. The maximum Gasteiger partial charge on any atom is 0.309 e. The summed E-state index contributed by atoms with van der Waals surface area (Å²) in [7, 11) is 5.92. The number of methoxy groups -OCH3 is 1. The Labute approximate surface area is 255 Å². The van der Waals surface area contributed by atoms with Crippen molar-refractivity contribution in [2.45, 2.75) is 143 Å². The molecule has 0 spiro atoms. The van der Waals surface area contributed by atoms with Crippen LogP contribution < -0.4 is 0 Å². The number of aliphatic hydroxyl groups is 1. The zero-order valence-corrected chi connectivity index (χ0v) is 28.5. The van der Waals surface area contributed by atoms with Crippen molar-refractivity contribution in [2.75, 3.05) is 21.2 Å². The molecule has 0 amide bonds. The normalized spacial score (nSPS) is 44.1. The quantitative estimate of drug-likeness (QED) is 0.214.